The molecule has 2 fully saturated rings. The van der Waals surface area contributed by atoms with Crippen LogP contribution in [0.15, 0.2) is 0 Å². The lowest BCUT2D eigenvalue weighted by Crippen LogP contribution is -2.45. The second-order valence-electron chi connectivity index (χ2n) is 7.59. The molecule has 1 amide bonds. The van der Waals surface area contributed by atoms with Gasteiger partial charge in [0.05, 0.1) is 13.2 Å². The van der Waals surface area contributed by atoms with Gasteiger partial charge in [0.25, 0.3) is 0 Å². The number of alkyl carbamates (subject to hydrolysis) is 1. The zero-order valence-corrected chi connectivity index (χ0v) is 14.9. The van der Waals surface area contributed by atoms with Gasteiger partial charge in [-0.1, -0.05) is 6.42 Å². The second kappa shape index (κ2) is 8.85. The first-order valence-corrected chi connectivity index (χ1v) is 8.94. The molecule has 0 radical (unpaired) electrons. The Morgan fingerprint density at radius 3 is 2.70 bits per heavy atom. The predicted molar refractivity (Wildman–Crippen MR) is 90.6 cm³/mol. The summed E-state index contributed by atoms with van der Waals surface area (Å²) in [5, 5.41) is 6.60. The van der Waals surface area contributed by atoms with E-state index in [1.807, 2.05) is 20.8 Å². The minimum absolute atomic E-state index is 0.309. The largest absolute Gasteiger partial charge is 0.444 e. The lowest BCUT2D eigenvalue weighted by atomic mass is 10.0. The van der Waals surface area contributed by atoms with E-state index in [1.54, 1.807) is 0 Å². The number of ether oxygens (including phenoxy) is 2. The van der Waals surface area contributed by atoms with Gasteiger partial charge in [-0.3, -0.25) is 4.90 Å². The van der Waals surface area contributed by atoms with Gasteiger partial charge in [0.1, 0.15) is 5.60 Å². The molecule has 0 aromatic carbocycles. The van der Waals surface area contributed by atoms with E-state index in [1.165, 1.54) is 19.3 Å². The van der Waals surface area contributed by atoms with Gasteiger partial charge in [0.2, 0.25) is 0 Å². The highest BCUT2D eigenvalue weighted by Gasteiger charge is 2.28. The molecule has 2 aliphatic rings. The van der Waals surface area contributed by atoms with Crippen LogP contribution in [0.4, 0.5) is 4.79 Å². The Morgan fingerprint density at radius 2 is 2.00 bits per heavy atom. The van der Waals surface area contributed by atoms with E-state index >= 15 is 0 Å². The normalized spacial score (nSPS) is 26.2. The molecule has 134 valence electrons. The van der Waals surface area contributed by atoms with Crippen molar-refractivity contribution in [3.63, 3.8) is 0 Å². The lowest BCUT2D eigenvalue weighted by Gasteiger charge is -2.28. The molecule has 1 saturated heterocycles. The molecule has 0 aromatic heterocycles. The van der Waals surface area contributed by atoms with Crippen molar-refractivity contribution in [3.05, 3.63) is 0 Å². The maximum absolute atomic E-state index is 11.8. The van der Waals surface area contributed by atoms with Crippen LogP contribution in [0, 0.1) is 5.92 Å². The number of nitrogens with one attached hydrogen (secondary N) is 2. The summed E-state index contributed by atoms with van der Waals surface area (Å²) < 4.78 is 10.7. The molecule has 2 atom stereocenters. The molecule has 1 aliphatic heterocycles. The summed E-state index contributed by atoms with van der Waals surface area (Å²) in [6, 6.07) is 0.506. The van der Waals surface area contributed by atoms with Crippen molar-refractivity contribution >= 4 is 6.09 Å². The Kier molecular flexibility index (Phi) is 7.11. The summed E-state index contributed by atoms with van der Waals surface area (Å²) >= 11 is 0. The van der Waals surface area contributed by atoms with Crippen LogP contribution >= 0.6 is 0 Å². The van der Waals surface area contributed by atoms with Crippen molar-refractivity contribution < 1.29 is 14.3 Å². The van der Waals surface area contributed by atoms with Crippen LogP contribution in [0.1, 0.15) is 40.0 Å². The number of morpholine rings is 1. The number of nitrogens with zero attached hydrogens (tertiary/aromatic N) is 1. The number of amides is 1. The first-order valence-electron chi connectivity index (χ1n) is 8.94. The SMILES string of the molecule is CC(C)(C)OC(=O)NCC1CCCC1NCCN1CCOCC1. The molecule has 1 heterocycles. The fraction of sp³-hybridized carbons (Fsp3) is 0.941. The number of carbonyl (C=O) groups is 1. The first-order chi connectivity index (χ1) is 10.9. The Bertz CT molecular complexity index is 365. The third-order valence-corrected chi connectivity index (χ3v) is 4.50. The van der Waals surface area contributed by atoms with Gasteiger partial charge in [-0.25, -0.2) is 4.79 Å². The highest BCUT2D eigenvalue weighted by atomic mass is 16.6. The molecule has 2 rings (SSSR count). The third-order valence-electron chi connectivity index (χ3n) is 4.50. The average Bonchev–Trinajstić information content (AvgIpc) is 2.92. The van der Waals surface area contributed by atoms with Gasteiger partial charge < -0.3 is 20.1 Å². The number of rotatable bonds is 6. The third kappa shape index (κ3) is 7.06. The van der Waals surface area contributed by atoms with Gasteiger partial charge in [0.15, 0.2) is 0 Å². The summed E-state index contributed by atoms with van der Waals surface area (Å²) in [7, 11) is 0. The smallest absolute Gasteiger partial charge is 0.407 e. The molecule has 6 heteroatoms. The Hall–Kier alpha value is -0.850. The summed E-state index contributed by atoms with van der Waals surface area (Å²) in [6.07, 6.45) is 3.29. The number of hydrogen-bond donors (Lipinski definition) is 2. The second-order valence-corrected chi connectivity index (χ2v) is 7.59. The monoisotopic (exact) mass is 327 g/mol. The van der Waals surface area contributed by atoms with E-state index in [-0.39, 0.29) is 6.09 Å². The standard InChI is InChI=1S/C17H33N3O3/c1-17(2,3)23-16(21)19-13-14-5-4-6-15(14)18-7-8-20-9-11-22-12-10-20/h14-15,18H,4-13H2,1-3H3,(H,19,21). The van der Waals surface area contributed by atoms with E-state index < -0.39 is 5.60 Å². The molecule has 1 saturated carbocycles. The van der Waals surface area contributed by atoms with E-state index in [0.29, 0.717) is 18.5 Å². The van der Waals surface area contributed by atoms with Crippen molar-refractivity contribution in [2.24, 2.45) is 5.92 Å². The van der Waals surface area contributed by atoms with Crippen LogP contribution in [-0.4, -0.2) is 68.6 Å². The molecule has 2 unspecified atom stereocenters. The van der Waals surface area contributed by atoms with Gasteiger partial charge in [-0.2, -0.15) is 0 Å². The van der Waals surface area contributed by atoms with E-state index in [9.17, 15) is 4.79 Å². The van der Waals surface area contributed by atoms with Crippen LogP contribution in [0.25, 0.3) is 0 Å². The number of carbonyl (C=O) groups excluding carboxylic acids is 1. The summed E-state index contributed by atoms with van der Waals surface area (Å²) in [6.45, 7) is 12.2. The maximum atomic E-state index is 11.8. The van der Waals surface area contributed by atoms with Gasteiger partial charge in [0, 0.05) is 38.8 Å². The maximum Gasteiger partial charge on any atom is 0.407 e. The molecular weight excluding hydrogens is 294 g/mol. The molecule has 1 aliphatic carbocycles. The topological polar surface area (TPSA) is 62.8 Å². The average molecular weight is 327 g/mol. The first kappa shape index (κ1) is 18.5. The molecule has 0 spiro atoms. The molecule has 2 N–H and O–H groups in total. The van der Waals surface area contributed by atoms with Crippen molar-refractivity contribution in [3.8, 4) is 0 Å². The summed E-state index contributed by atoms with van der Waals surface area (Å²) in [5.74, 6) is 0.507. The zero-order valence-electron chi connectivity index (χ0n) is 14.9. The Labute approximate surface area is 140 Å². The molecule has 23 heavy (non-hydrogen) atoms. The Balaban J connectivity index is 1.63. The van der Waals surface area contributed by atoms with Crippen molar-refractivity contribution in [1.29, 1.82) is 0 Å². The van der Waals surface area contributed by atoms with Gasteiger partial charge in [-0.05, 0) is 39.5 Å². The minimum Gasteiger partial charge on any atom is -0.444 e. The van der Waals surface area contributed by atoms with Crippen LogP contribution in [0.3, 0.4) is 0 Å². The van der Waals surface area contributed by atoms with Crippen LogP contribution < -0.4 is 10.6 Å². The van der Waals surface area contributed by atoms with Crippen LogP contribution in [-0.2, 0) is 9.47 Å². The van der Waals surface area contributed by atoms with E-state index in [0.717, 1.165) is 39.4 Å². The van der Waals surface area contributed by atoms with Gasteiger partial charge in [-0.15, -0.1) is 0 Å². The van der Waals surface area contributed by atoms with E-state index in [4.69, 9.17) is 9.47 Å². The molecule has 0 bridgehead atoms. The predicted octanol–water partition coefficient (Wildman–Crippen LogP) is 1.60. The Morgan fingerprint density at radius 1 is 1.26 bits per heavy atom. The van der Waals surface area contributed by atoms with Crippen molar-refractivity contribution in [2.75, 3.05) is 45.9 Å². The van der Waals surface area contributed by atoms with Crippen molar-refractivity contribution in [1.82, 2.24) is 15.5 Å². The summed E-state index contributed by atoms with van der Waals surface area (Å²) in [5.41, 5.74) is -0.435. The fourth-order valence-electron chi connectivity index (χ4n) is 3.31. The summed E-state index contributed by atoms with van der Waals surface area (Å²) in [4.78, 5) is 14.2. The van der Waals surface area contributed by atoms with Crippen LogP contribution in [0.5, 0.6) is 0 Å². The molecular formula is C17H33N3O3. The quantitative estimate of drug-likeness (QED) is 0.776. The highest BCUT2D eigenvalue weighted by Crippen LogP contribution is 2.25. The van der Waals surface area contributed by atoms with Gasteiger partial charge >= 0.3 is 6.09 Å². The van der Waals surface area contributed by atoms with Crippen LogP contribution in [0.2, 0.25) is 0 Å². The lowest BCUT2D eigenvalue weighted by molar-refractivity contribution is 0.0379. The molecule has 0 aromatic rings. The van der Waals surface area contributed by atoms with E-state index in [2.05, 4.69) is 15.5 Å². The van der Waals surface area contributed by atoms with Crippen molar-refractivity contribution in [2.45, 2.75) is 51.7 Å². The molecule has 6 nitrogen and oxygen atoms in total. The number of hydrogen-bond acceptors (Lipinski definition) is 5. The highest BCUT2D eigenvalue weighted by molar-refractivity contribution is 5.67. The fourth-order valence-corrected chi connectivity index (χ4v) is 3.31. The zero-order chi connectivity index (χ0) is 16.7. The minimum atomic E-state index is -0.435.